The summed E-state index contributed by atoms with van der Waals surface area (Å²) >= 11 is 0. The lowest BCUT2D eigenvalue weighted by Crippen LogP contribution is -1.95. The third-order valence-electron chi connectivity index (χ3n) is 25.1. The smallest absolute Gasteiger partial charge is 0.145 e. The van der Waals surface area contributed by atoms with Crippen molar-refractivity contribution >= 4 is 131 Å². The van der Waals surface area contributed by atoms with Crippen LogP contribution < -0.4 is 0 Å². The second-order valence-corrected chi connectivity index (χ2v) is 32.2. The van der Waals surface area contributed by atoms with Crippen LogP contribution in [0.5, 0.6) is 0 Å². The number of para-hydroxylation sites is 7. The maximum absolute atomic E-state index is 4.89. The fourth-order valence-corrected chi connectivity index (χ4v) is 19.6. The lowest BCUT2D eigenvalue weighted by atomic mass is 9.98. The summed E-state index contributed by atoms with van der Waals surface area (Å²) in [5.41, 5.74) is 32.5. The molecule has 0 spiro atoms. The van der Waals surface area contributed by atoms with E-state index in [0.29, 0.717) is 0 Å². The van der Waals surface area contributed by atoms with Crippen LogP contribution in [0.15, 0.2) is 468 Å². The van der Waals surface area contributed by atoms with Gasteiger partial charge in [-0.05, 0) is 238 Å². The number of nitrogens with zero attached hydrogens (tertiary/aromatic N) is 9. The fraction of sp³-hybridized carbons (Fsp3) is 0. The van der Waals surface area contributed by atoms with Crippen LogP contribution in [-0.4, -0.2) is 42.4 Å². The van der Waals surface area contributed by atoms with E-state index in [2.05, 4.69) is 458 Å². The third kappa shape index (κ3) is 12.2. The van der Waals surface area contributed by atoms with Gasteiger partial charge in [-0.3, -0.25) is 13.7 Å². The van der Waals surface area contributed by atoms with Crippen LogP contribution in [0.3, 0.4) is 0 Å². The first kappa shape index (κ1) is 73.0. The van der Waals surface area contributed by atoms with Gasteiger partial charge in [-0.15, -0.1) is 0 Å². The topological polar surface area (TPSA) is 68.2 Å². The molecule has 0 N–H and O–H groups in total. The molecule has 9 heteroatoms. The largest absolute Gasteiger partial charge is 0.309 e. The van der Waals surface area contributed by atoms with Crippen molar-refractivity contribution in [2.24, 2.45) is 0 Å². The first-order valence-corrected chi connectivity index (χ1v) is 42.9. The summed E-state index contributed by atoms with van der Waals surface area (Å²) in [6.07, 6.45) is 5.65. The molecule has 126 heavy (non-hydrogen) atoms. The van der Waals surface area contributed by atoms with E-state index in [1.807, 2.05) is 36.8 Å². The second-order valence-electron chi connectivity index (χ2n) is 32.2. The molecule has 590 valence electrons. The van der Waals surface area contributed by atoms with Crippen molar-refractivity contribution < 1.29 is 0 Å². The molecule has 0 saturated heterocycles. The highest BCUT2D eigenvalue weighted by molar-refractivity contribution is 6.21. The van der Waals surface area contributed by atoms with Gasteiger partial charge < -0.3 is 13.7 Å². The van der Waals surface area contributed by atoms with Gasteiger partial charge in [0.15, 0.2) is 0 Å². The minimum Gasteiger partial charge on any atom is -0.309 e. The summed E-state index contributed by atoms with van der Waals surface area (Å²) in [7, 11) is 0. The van der Waals surface area contributed by atoms with Gasteiger partial charge in [-0.2, -0.15) is 0 Å². The van der Waals surface area contributed by atoms with Crippen molar-refractivity contribution in [2.45, 2.75) is 0 Å². The molecule has 17 aromatic carbocycles. The van der Waals surface area contributed by atoms with Crippen LogP contribution in [0.2, 0.25) is 0 Å². The van der Waals surface area contributed by atoms with E-state index in [9.17, 15) is 0 Å². The van der Waals surface area contributed by atoms with Gasteiger partial charge in [0.05, 0.1) is 49.7 Å². The van der Waals surface area contributed by atoms with Crippen molar-refractivity contribution in [1.82, 2.24) is 42.4 Å². The zero-order valence-corrected chi connectivity index (χ0v) is 68.5. The molecule has 0 saturated carbocycles. The van der Waals surface area contributed by atoms with E-state index in [1.165, 1.54) is 149 Å². The van der Waals surface area contributed by atoms with Gasteiger partial charge >= 0.3 is 0 Å². The molecule has 0 aliphatic heterocycles. The highest BCUT2D eigenvalue weighted by Crippen LogP contribution is 2.46. The van der Waals surface area contributed by atoms with Crippen LogP contribution in [0.1, 0.15) is 0 Å². The van der Waals surface area contributed by atoms with E-state index in [4.69, 9.17) is 15.0 Å². The molecule has 0 bridgehead atoms. The van der Waals surface area contributed by atoms with Crippen molar-refractivity contribution in [3.8, 4) is 89.8 Å². The molecule has 0 fully saturated rings. The average Bonchev–Trinajstić information content (AvgIpc) is 1.58. The van der Waals surface area contributed by atoms with Gasteiger partial charge in [0.25, 0.3) is 0 Å². The van der Waals surface area contributed by atoms with E-state index >= 15 is 0 Å². The molecule has 0 aliphatic carbocycles. The predicted molar refractivity (Wildman–Crippen MR) is 526 cm³/mol. The van der Waals surface area contributed by atoms with Crippen molar-refractivity contribution in [3.05, 3.63) is 468 Å². The van der Waals surface area contributed by atoms with Gasteiger partial charge in [-0.25, -0.2) is 15.0 Å². The van der Waals surface area contributed by atoms with Gasteiger partial charge in [0, 0.05) is 117 Å². The maximum atomic E-state index is 4.89. The average molecular weight is 1610 g/mol. The Morgan fingerprint density at radius 1 is 0.135 bits per heavy atom. The molecule has 26 aromatic rings. The quantitative estimate of drug-likeness (QED) is 0.130. The van der Waals surface area contributed by atoms with E-state index in [1.54, 1.807) is 0 Å². The Morgan fingerprint density at radius 3 is 0.746 bits per heavy atom. The summed E-state index contributed by atoms with van der Waals surface area (Å²) in [4.78, 5) is 14.5. The minimum absolute atomic E-state index is 0.962. The van der Waals surface area contributed by atoms with Crippen LogP contribution in [0.25, 0.3) is 221 Å². The third-order valence-corrected chi connectivity index (χ3v) is 25.1. The summed E-state index contributed by atoms with van der Waals surface area (Å²) in [6.45, 7) is 0. The molecule has 0 radical (unpaired) electrons. The zero-order chi connectivity index (χ0) is 83.1. The normalized spacial score (nSPS) is 11.7. The number of aromatic nitrogens is 9. The summed E-state index contributed by atoms with van der Waals surface area (Å²) in [5, 5.41) is 14.6. The molecule has 0 amide bonds. The molecule has 0 atom stereocenters. The summed E-state index contributed by atoms with van der Waals surface area (Å²) < 4.78 is 14.0. The Kier molecular flexibility index (Phi) is 17.7. The number of hydrogen-bond acceptors (Lipinski definition) is 3. The molecule has 26 rings (SSSR count). The Labute approximate surface area is 726 Å². The van der Waals surface area contributed by atoms with Crippen LogP contribution >= 0.6 is 0 Å². The molecule has 0 unspecified atom stereocenters. The first-order chi connectivity index (χ1) is 62.6. The Bertz CT molecular complexity index is 8680. The van der Waals surface area contributed by atoms with E-state index in [0.717, 1.165) is 72.4 Å². The lowest BCUT2D eigenvalue weighted by molar-refractivity contribution is 1.14. The minimum atomic E-state index is 0.962. The second kappa shape index (κ2) is 30.6. The highest BCUT2D eigenvalue weighted by Gasteiger charge is 2.24. The molecule has 9 nitrogen and oxygen atoms in total. The van der Waals surface area contributed by atoms with Crippen molar-refractivity contribution in [3.63, 3.8) is 0 Å². The van der Waals surface area contributed by atoms with Gasteiger partial charge in [-0.1, -0.05) is 267 Å². The molecule has 0 aliphatic rings. The van der Waals surface area contributed by atoms with Crippen molar-refractivity contribution in [1.29, 1.82) is 0 Å². The Morgan fingerprint density at radius 2 is 0.381 bits per heavy atom. The predicted octanol–water partition coefficient (Wildman–Crippen LogP) is 30.2. The monoisotopic (exact) mass is 1610 g/mol. The van der Waals surface area contributed by atoms with E-state index < -0.39 is 0 Å². The number of benzene rings is 17. The Balaban J connectivity index is 0.000000106. The standard InChI is InChI=1S/2C41H27N3.C35H23N3/c1-3-12-28(13-4-1)29-14-9-17-32(26-29)44-38-24-23-30(27-36(38)34-20-11-25-42-41(34)44)33-19-10-22-39-40(33)35-18-7-8-21-37(35)43(39)31-15-5-2-6-16-31;1-3-11-28(12-4-1)29-20-23-32(24-21-29)44-38-25-22-30(27-36(38)34-17-10-26-42-41(34)44)33-16-9-19-39-40(33)35-15-7-8-18-37(35)43(39)31-13-5-2-6-14-31;1-3-11-25(12-4-1)37-31-18-8-7-15-29(31)34-27(16-9-19-33(34)37)24-20-21-32-30(23-24)28-17-10-22-36-35(28)38(32)26-13-5-2-6-14-26/h2*1-27H;1-23H. The van der Waals surface area contributed by atoms with Gasteiger partial charge in [0.2, 0.25) is 0 Å². The molecule has 9 aromatic heterocycles. The number of fused-ring (bicyclic) bond motifs is 18. The maximum Gasteiger partial charge on any atom is 0.145 e. The summed E-state index contributed by atoms with van der Waals surface area (Å²) in [6, 6.07) is 160. The van der Waals surface area contributed by atoms with Crippen LogP contribution in [0, 0.1) is 0 Å². The zero-order valence-electron chi connectivity index (χ0n) is 68.5. The van der Waals surface area contributed by atoms with Gasteiger partial charge in [0.1, 0.15) is 16.9 Å². The fourth-order valence-electron chi connectivity index (χ4n) is 19.6. The van der Waals surface area contributed by atoms with Crippen molar-refractivity contribution in [2.75, 3.05) is 0 Å². The molecule has 9 heterocycles. The highest BCUT2D eigenvalue weighted by atomic mass is 15.1. The number of rotatable bonds is 11. The van der Waals surface area contributed by atoms with Crippen LogP contribution in [-0.2, 0) is 0 Å². The SMILES string of the molecule is c1ccc(-c2ccc(-n3c4ccc(-c5cccc6c5c5ccccc5n6-c5ccccc5)cc4c4cccnc43)cc2)cc1.c1ccc(-c2cccc(-n3c4ccc(-c5cccc6c5c5ccccc5n6-c5ccccc5)cc4c4cccnc43)c2)cc1.c1ccc(-n2c3ccccc3c3c(-c4ccc5c(c4)c4cccnc4n5-c4ccccc4)cccc32)cc1. The first-order valence-electron chi connectivity index (χ1n) is 42.9. The summed E-state index contributed by atoms with van der Waals surface area (Å²) in [5.74, 6) is 0. The Hall–Kier alpha value is -17.0. The number of pyridine rings is 3. The molecular formula is C117H77N9. The molecular weight excluding hydrogens is 1530 g/mol. The number of hydrogen-bond donors (Lipinski definition) is 0. The van der Waals surface area contributed by atoms with E-state index in [-0.39, 0.29) is 0 Å². The lowest BCUT2D eigenvalue weighted by Gasteiger charge is -2.11. The van der Waals surface area contributed by atoms with Crippen LogP contribution in [0.4, 0.5) is 0 Å².